The highest BCUT2D eigenvalue weighted by Crippen LogP contribution is 2.21. The third kappa shape index (κ3) is 2.89. The van der Waals surface area contributed by atoms with Gasteiger partial charge in [0.15, 0.2) is 0 Å². The second-order valence-corrected chi connectivity index (χ2v) is 4.81. The van der Waals surface area contributed by atoms with E-state index < -0.39 is 0 Å². The van der Waals surface area contributed by atoms with Crippen molar-refractivity contribution in [2.75, 3.05) is 6.54 Å². The van der Waals surface area contributed by atoms with Gasteiger partial charge in [0, 0.05) is 6.54 Å². The average molecular weight is 280 g/mol. The molecule has 2 rings (SSSR count). The quantitative estimate of drug-likeness (QED) is 0.855. The molecule has 0 fully saturated rings. The van der Waals surface area contributed by atoms with Crippen LogP contribution in [-0.2, 0) is 17.2 Å². The average Bonchev–Trinajstić information content (AvgIpc) is 2.75. The van der Waals surface area contributed by atoms with Crippen LogP contribution >= 0.6 is 11.6 Å². The number of imidazole rings is 1. The van der Waals surface area contributed by atoms with Gasteiger partial charge in [0.05, 0.1) is 16.9 Å². The first-order chi connectivity index (χ1) is 9.17. The molecule has 5 heteroatoms. The number of para-hydroxylation sites is 1. The van der Waals surface area contributed by atoms with Crippen LogP contribution in [0.1, 0.15) is 24.7 Å². The lowest BCUT2D eigenvalue weighted by atomic mass is 10.2. The molecular formula is C14H18ClN3O. The molecule has 0 aliphatic rings. The summed E-state index contributed by atoms with van der Waals surface area (Å²) in [5, 5.41) is 2.88. The fraction of sp³-hybridized carbons (Fsp3) is 0.429. The normalized spacial score (nSPS) is 10.9. The Labute approximate surface area is 117 Å². The van der Waals surface area contributed by atoms with Gasteiger partial charge in [-0.2, -0.15) is 0 Å². The number of nitrogens with one attached hydrogen (secondary N) is 1. The van der Waals surface area contributed by atoms with E-state index in [0.717, 1.165) is 28.8 Å². The minimum atomic E-state index is -0.00392. The number of carbonyl (C=O) groups excluding carboxylic acids is 1. The molecule has 19 heavy (non-hydrogen) atoms. The lowest BCUT2D eigenvalue weighted by Crippen LogP contribution is -2.28. The van der Waals surface area contributed by atoms with Gasteiger partial charge in [-0.25, -0.2) is 4.98 Å². The van der Waals surface area contributed by atoms with Crippen LogP contribution in [0.4, 0.5) is 0 Å². The van der Waals surface area contributed by atoms with Gasteiger partial charge in [0.2, 0.25) is 5.91 Å². The van der Waals surface area contributed by atoms with E-state index in [1.54, 1.807) is 0 Å². The first kappa shape index (κ1) is 13.9. The molecule has 102 valence electrons. The molecule has 0 saturated heterocycles. The molecule has 0 aliphatic heterocycles. The molecule has 0 spiro atoms. The number of nitrogens with zero attached hydrogens (tertiary/aromatic N) is 2. The molecule has 1 aromatic carbocycles. The van der Waals surface area contributed by atoms with Gasteiger partial charge >= 0.3 is 0 Å². The van der Waals surface area contributed by atoms with E-state index in [-0.39, 0.29) is 12.5 Å². The number of fused-ring (bicyclic) bond motifs is 1. The highest BCUT2D eigenvalue weighted by molar-refractivity contribution is 6.16. The van der Waals surface area contributed by atoms with Gasteiger partial charge in [-0.3, -0.25) is 4.79 Å². The maximum Gasteiger partial charge on any atom is 0.240 e. The van der Waals surface area contributed by atoms with Crippen molar-refractivity contribution in [1.29, 1.82) is 0 Å². The van der Waals surface area contributed by atoms with E-state index >= 15 is 0 Å². The Kier molecular flexibility index (Phi) is 4.43. The molecule has 0 saturated carbocycles. The van der Waals surface area contributed by atoms with Crippen LogP contribution in [0.2, 0.25) is 0 Å². The number of halogens is 1. The summed E-state index contributed by atoms with van der Waals surface area (Å²) >= 11 is 5.93. The second-order valence-electron chi connectivity index (χ2n) is 4.54. The number of hydrogen-bond acceptors (Lipinski definition) is 2. The first-order valence-corrected chi connectivity index (χ1v) is 6.98. The standard InChI is InChI=1S/C14H18ClN3O/c1-3-7-16-13(19)9-18-12(8-15)17-11-6-4-5-10(2)14(11)18/h4-6H,3,7-9H2,1-2H3,(H,16,19). The molecule has 0 bridgehead atoms. The van der Waals surface area contributed by atoms with Gasteiger partial charge in [-0.1, -0.05) is 19.1 Å². The Morgan fingerprint density at radius 2 is 2.26 bits per heavy atom. The number of hydrogen-bond donors (Lipinski definition) is 1. The lowest BCUT2D eigenvalue weighted by molar-refractivity contribution is -0.121. The molecule has 2 aromatic rings. The zero-order valence-corrected chi connectivity index (χ0v) is 12.0. The van der Waals surface area contributed by atoms with Crippen molar-refractivity contribution in [2.24, 2.45) is 0 Å². The van der Waals surface area contributed by atoms with E-state index in [0.29, 0.717) is 12.4 Å². The van der Waals surface area contributed by atoms with Gasteiger partial charge in [0.1, 0.15) is 12.4 Å². The third-order valence-corrected chi connectivity index (χ3v) is 3.28. The van der Waals surface area contributed by atoms with Crippen molar-refractivity contribution in [3.8, 4) is 0 Å². The number of benzene rings is 1. The summed E-state index contributed by atoms with van der Waals surface area (Å²) in [6, 6.07) is 5.92. The Morgan fingerprint density at radius 3 is 2.95 bits per heavy atom. The topological polar surface area (TPSA) is 46.9 Å². The molecule has 0 radical (unpaired) electrons. The van der Waals surface area contributed by atoms with Crippen LogP contribution in [0.25, 0.3) is 11.0 Å². The maximum absolute atomic E-state index is 11.9. The smallest absolute Gasteiger partial charge is 0.240 e. The summed E-state index contributed by atoms with van der Waals surface area (Å²) in [5.41, 5.74) is 2.98. The molecule has 1 aromatic heterocycles. The van der Waals surface area contributed by atoms with Crippen LogP contribution in [0.5, 0.6) is 0 Å². The minimum Gasteiger partial charge on any atom is -0.355 e. The van der Waals surface area contributed by atoms with Gasteiger partial charge in [-0.15, -0.1) is 11.6 Å². The lowest BCUT2D eigenvalue weighted by Gasteiger charge is -2.09. The molecule has 0 unspecified atom stereocenters. The monoisotopic (exact) mass is 279 g/mol. The van der Waals surface area contributed by atoms with Gasteiger partial charge in [0.25, 0.3) is 0 Å². The number of carbonyl (C=O) groups is 1. The van der Waals surface area contributed by atoms with Crippen LogP contribution in [0.3, 0.4) is 0 Å². The fourth-order valence-electron chi connectivity index (χ4n) is 2.15. The first-order valence-electron chi connectivity index (χ1n) is 6.44. The van der Waals surface area contributed by atoms with Crippen molar-refractivity contribution in [3.05, 3.63) is 29.6 Å². The van der Waals surface area contributed by atoms with E-state index in [2.05, 4.69) is 10.3 Å². The number of aromatic nitrogens is 2. The summed E-state index contributed by atoms with van der Waals surface area (Å²) < 4.78 is 1.91. The van der Waals surface area contributed by atoms with E-state index in [1.165, 1.54) is 0 Å². The SMILES string of the molecule is CCCNC(=O)Cn1c(CCl)nc2cccc(C)c21. The summed E-state index contributed by atoms with van der Waals surface area (Å²) in [4.78, 5) is 16.4. The predicted octanol–water partition coefficient (Wildman–Crippen LogP) is 2.61. The summed E-state index contributed by atoms with van der Waals surface area (Å²) in [6.45, 7) is 5.01. The summed E-state index contributed by atoms with van der Waals surface area (Å²) in [5.74, 6) is 1.03. The summed E-state index contributed by atoms with van der Waals surface area (Å²) in [6.07, 6.45) is 0.928. The second kappa shape index (κ2) is 6.06. The molecule has 0 aliphatic carbocycles. The van der Waals surface area contributed by atoms with Crippen molar-refractivity contribution >= 4 is 28.5 Å². The van der Waals surface area contributed by atoms with Crippen LogP contribution in [-0.4, -0.2) is 22.0 Å². The molecular weight excluding hydrogens is 262 g/mol. The third-order valence-electron chi connectivity index (χ3n) is 3.04. The molecule has 1 amide bonds. The van der Waals surface area contributed by atoms with Gasteiger partial charge < -0.3 is 9.88 Å². The van der Waals surface area contributed by atoms with Crippen molar-refractivity contribution in [1.82, 2.24) is 14.9 Å². The number of amides is 1. The zero-order valence-electron chi connectivity index (χ0n) is 11.2. The predicted molar refractivity (Wildman–Crippen MR) is 77.3 cm³/mol. The van der Waals surface area contributed by atoms with E-state index in [4.69, 9.17) is 11.6 Å². The van der Waals surface area contributed by atoms with Crippen LogP contribution in [0, 0.1) is 6.92 Å². The van der Waals surface area contributed by atoms with E-state index in [1.807, 2.05) is 36.6 Å². The zero-order chi connectivity index (χ0) is 13.8. The largest absolute Gasteiger partial charge is 0.355 e. The maximum atomic E-state index is 11.9. The summed E-state index contributed by atoms with van der Waals surface area (Å²) in [7, 11) is 0. The van der Waals surface area contributed by atoms with Crippen LogP contribution in [0.15, 0.2) is 18.2 Å². The van der Waals surface area contributed by atoms with E-state index in [9.17, 15) is 4.79 Å². The molecule has 4 nitrogen and oxygen atoms in total. The van der Waals surface area contributed by atoms with Crippen molar-refractivity contribution in [3.63, 3.8) is 0 Å². The highest BCUT2D eigenvalue weighted by Gasteiger charge is 2.14. The minimum absolute atomic E-state index is 0.00392. The molecule has 1 heterocycles. The number of alkyl halides is 1. The molecule has 1 N–H and O–H groups in total. The van der Waals surface area contributed by atoms with Crippen molar-refractivity contribution in [2.45, 2.75) is 32.7 Å². The molecule has 0 atom stereocenters. The Hall–Kier alpha value is -1.55. The number of aryl methyl sites for hydroxylation is 1. The van der Waals surface area contributed by atoms with Crippen molar-refractivity contribution < 1.29 is 4.79 Å². The highest BCUT2D eigenvalue weighted by atomic mass is 35.5. The Bertz CT molecular complexity index is 592. The number of rotatable bonds is 5. The van der Waals surface area contributed by atoms with Gasteiger partial charge in [-0.05, 0) is 25.0 Å². The Morgan fingerprint density at radius 1 is 1.47 bits per heavy atom. The fourth-order valence-corrected chi connectivity index (χ4v) is 2.35. The Balaban J connectivity index is 2.37. The van der Waals surface area contributed by atoms with Crippen LogP contribution < -0.4 is 5.32 Å².